The minimum absolute atomic E-state index is 0. The summed E-state index contributed by atoms with van der Waals surface area (Å²) in [6, 6.07) is 0. The molecule has 0 fully saturated rings. The minimum atomic E-state index is 0. The highest BCUT2D eigenvalue weighted by atomic mass is 14.9. The Morgan fingerprint density at radius 1 is 1.89 bits per heavy atom. The van der Waals surface area contributed by atoms with Gasteiger partial charge in [0.1, 0.15) is 0 Å². The van der Waals surface area contributed by atoms with Crippen molar-refractivity contribution in [3.05, 3.63) is 11.6 Å². The lowest BCUT2D eigenvalue weighted by Gasteiger charge is -2.12. The fourth-order valence-electron chi connectivity index (χ4n) is 1.06. The zero-order valence-electron chi connectivity index (χ0n) is 5.91. The molecular formula is C7H16N2. The monoisotopic (exact) mass is 128 g/mol. The van der Waals surface area contributed by atoms with Crippen molar-refractivity contribution in [2.75, 3.05) is 26.7 Å². The van der Waals surface area contributed by atoms with Crippen LogP contribution in [0, 0.1) is 0 Å². The summed E-state index contributed by atoms with van der Waals surface area (Å²) in [4.78, 5) is 0. The molecule has 2 N–H and O–H groups in total. The third-order valence-electron chi connectivity index (χ3n) is 1.51. The lowest BCUT2D eigenvalue weighted by molar-refractivity contribution is 0.677. The fraction of sp³-hybridized carbons (Fsp3) is 0.714. The molecule has 0 spiro atoms. The summed E-state index contributed by atoms with van der Waals surface area (Å²) in [5, 5.41) is 6.44. The van der Waals surface area contributed by atoms with Gasteiger partial charge in [-0.2, -0.15) is 0 Å². The molecule has 0 saturated heterocycles. The summed E-state index contributed by atoms with van der Waals surface area (Å²) in [6.45, 7) is 3.25. The average molecular weight is 128 g/mol. The van der Waals surface area contributed by atoms with Crippen LogP contribution in [0.25, 0.3) is 0 Å². The predicted molar refractivity (Wildman–Crippen MR) is 41.6 cm³/mol. The van der Waals surface area contributed by atoms with E-state index in [9.17, 15) is 0 Å². The molecule has 1 aliphatic rings. The van der Waals surface area contributed by atoms with Crippen molar-refractivity contribution < 1.29 is 1.43 Å². The predicted octanol–water partition coefficient (Wildman–Crippen LogP) is 0.371. The molecule has 2 heteroatoms. The van der Waals surface area contributed by atoms with Crippen LogP contribution in [0.15, 0.2) is 11.6 Å². The van der Waals surface area contributed by atoms with E-state index >= 15 is 0 Å². The van der Waals surface area contributed by atoms with Crippen LogP contribution in [-0.2, 0) is 0 Å². The van der Waals surface area contributed by atoms with Crippen molar-refractivity contribution in [1.82, 2.24) is 10.6 Å². The third-order valence-corrected chi connectivity index (χ3v) is 1.51. The third kappa shape index (κ3) is 2.16. The van der Waals surface area contributed by atoms with Crippen LogP contribution in [0.4, 0.5) is 0 Å². The Bertz CT molecular complexity index is 112. The van der Waals surface area contributed by atoms with E-state index in [4.69, 9.17) is 0 Å². The second-order valence-corrected chi connectivity index (χ2v) is 2.36. The van der Waals surface area contributed by atoms with E-state index in [2.05, 4.69) is 16.7 Å². The Labute approximate surface area is 57.8 Å². The summed E-state index contributed by atoms with van der Waals surface area (Å²) in [7, 11) is 1.98. The van der Waals surface area contributed by atoms with Crippen molar-refractivity contribution in [2.24, 2.45) is 0 Å². The van der Waals surface area contributed by atoms with Crippen molar-refractivity contribution in [1.29, 1.82) is 0 Å². The van der Waals surface area contributed by atoms with E-state index in [0.717, 1.165) is 19.6 Å². The normalized spacial score (nSPS) is 19.4. The first-order valence-electron chi connectivity index (χ1n) is 3.46. The van der Waals surface area contributed by atoms with E-state index in [1.807, 2.05) is 7.05 Å². The standard InChI is InChI=1S/C7H14N2.H2/c1-8-5-7-3-2-4-9-6-7;/h3,8-9H,2,4-6H2,1H3;1H. The molecule has 0 aromatic rings. The molecule has 0 radical (unpaired) electrons. The topological polar surface area (TPSA) is 24.1 Å². The van der Waals surface area contributed by atoms with Gasteiger partial charge in [-0.15, -0.1) is 0 Å². The smallest absolute Gasteiger partial charge is 0.0177 e. The summed E-state index contributed by atoms with van der Waals surface area (Å²) < 4.78 is 0. The zero-order chi connectivity index (χ0) is 6.53. The maximum Gasteiger partial charge on any atom is 0.0177 e. The summed E-state index contributed by atoms with van der Waals surface area (Å²) in [5.41, 5.74) is 1.49. The molecule has 0 unspecified atom stereocenters. The Kier molecular flexibility index (Phi) is 2.74. The van der Waals surface area contributed by atoms with E-state index in [1.54, 1.807) is 0 Å². The van der Waals surface area contributed by atoms with E-state index < -0.39 is 0 Å². The molecule has 2 nitrogen and oxygen atoms in total. The van der Waals surface area contributed by atoms with Gasteiger partial charge in [-0.3, -0.25) is 0 Å². The molecule has 0 aromatic heterocycles. The highest BCUT2D eigenvalue weighted by Crippen LogP contribution is 1.97. The maximum absolute atomic E-state index is 3.31. The van der Waals surface area contributed by atoms with Gasteiger partial charge in [0.25, 0.3) is 0 Å². The Morgan fingerprint density at radius 2 is 2.78 bits per heavy atom. The molecule has 0 bridgehead atoms. The first-order chi connectivity index (χ1) is 4.43. The number of hydrogen-bond donors (Lipinski definition) is 2. The zero-order valence-corrected chi connectivity index (χ0v) is 5.91. The molecule has 1 rings (SSSR count). The van der Waals surface area contributed by atoms with E-state index in [0.29, 0.717) is 0 Å². The van der Waals surface area contributed by atoms with Crippen molar-refractivity contribution in [2.45, 2.75) is 6.42 Å². The van der Waals surface area contributed by atoms with Gasteiger partial charge >= 0.3 is 0 Å². The molecule has 0 aliphatic carbocycles. The average Bonchev–Trinajstić information content (AvgIpc) is 1.91. The Balaban J connectivity index is 0.000000810. The van der Waals surface area contributed by atoms with Gasteiger partial charge in [0.15, 0.2) is 0 Å². The maximum atomic E-state index is 3.31. The lowest BCUT2D eigenvalue weighted by atomic mass is 10.1. The van der Waals surface area contributed by atoms with Crippen LogP contribution < -0.4 is 10.6 Å². The van der Waals surface area contributed by atoms with E-state index in [-0.39, 0.29) is 1.43 Å². The molecule has 54 valence electrons. The second-order valence-electron chi connectivity index (χ2n) is 2.36. The van der Waals surface area contributed by atoms with Crippen LogP contribution in [0.1, 0.15) is 7.85 Å². The molecule has 0 amide bonds. The van der Waals surface area contributed by atoms with Gasteiger partial charge in [-0.1, -0.05) is 6.08 Å². The largest absolute Gasteiger partial charge is 0.316 e. The van der Waals surface area contributed by atoms with Gasteiger partial charge in [0, 0.05) is 14.5 Å². The van der Waals surface area contributed by atoms with Crippen LogP contribution in [-0.4, -0.2) is 26.7 Å². The Morgan fingerprint density at radius 3 is 3.33 bits per heavy atom. The van der Waals surface area contributed by atoms with Gasteiger partial charge in [-0.05, 0) is 25.6 Å². The highest BCUT2D eigenvalue weighted by Gasteiger charge is 1.99. The second kappa shape index (κ2) is 3.64. The summed E-state index contributed by atoms with van der Waals surface area (Å²) in [6.07, 6.45) is 3.50. The van der Waals surface area contributed by atoms with Crippen molar-refractivity contribution >= 4 is 0 Å². The molecule has 1 aliphatic heterocycles. The van der Waals surface area contributed by atoms with Gasteiger partial charge in [-0.25, -0.2) is 0 Å². The van der Waals surface area contributed by atoms with Crippen molar-refractivity contribution in [3.63, 3.8) is 0 Å². The quantitative estimate of drug-likeness (QED) is 0.525. The number of rotatable bonds is 2. The molecule has 0 atom stereocenters. The fourth-order valence-corrected chi connectivity index (χ4v) is 1.06. The van der Waals surface area contributed by atoms with Crippen LogP contribution in [0.3, 0.4) is 0 Å². The molecule has 9 heavy (non-hydrogen) atoms. The minimum Gasteiger partial charge on any atom is -0.316 e. The highest BCUT2D eigenvalue weighted by molar-refractivity contribution is 5.08. The van der Waals surface area contributed by atoms with Crippen LogP contribution >= 0.6 is 0 Å². The number of nitrogens with one attached hydrogen (secondary N) is 2. The molecule has 0 saturated carbocycles. The lowest BCUT2D eigenvalue weighted by Crippen LogP contribution is -2.26. The molecule has 0 aromatic carbocycles. The van der Waals surface area contributed by atoms with Gasteiger partial charge < -0.3 is 10.6 Å². The SMILES string of the molecule is CNCC1=CCCNC1.[HH]. The van der Waals surface area contributed by atoms with Crippen LogP contribution in [0.5, 0.6) is 0 Å². The molecule has 1 heterocycles. The first kappa shape index (κ1) is 6.78. The molecular weight excluding hydrogens is 112 g/mol. The van der Waals surface area contributed by atoms with Crippen molar-refractivity contribution in [3.8, 4) is 0 Å². The Hall–Kier alpha value is -0.340. The number of likely N-dealkylation sites (N-methyl/N-ethyl adjacent to an activating group) is 1. The number of hydrogen-bond acceptors (Lipinski definition) is 2. The van der Waals surface area contributed by atoms with Crippen LogP contribution in [0.2, 0.25) is 0 Å². The first-order valence-corrected chi connectivity index (χ1v) is 3.46. The van der Waals surface area contributed by atoms with Gasteiger partial charge in [0.2, 0.25) is 0 Å². The summed E-state index contributed by atoms with van der Waals surface area (Å²) in [5.74, 6) is 0. The van der Waals surface area contributed by atoms with E-state index in [1.165, 1.54) is 12.0 Å². The summed E-state index contributed by atoms with van der Waals surface area (Å²) >= 11 is 0. The van der Waals surface area contributed by atoms with Gasteiger partial charge in [0.05, 0.1) is 0 Å².